The van der Waals surface area contributed by atoms with Crippen LogP contribution < -0.4 is 0 Å². The van der Waals surface area contributed by atoms with Crippen LogP contribution in [-0.4, -0.2) is 18.5 Å². The van der Waals surface area contributed by atoms with E-state index in [1.165, 1.54) is 0 Å². The normalized spacial score (nSPS) is 13.4. The van der Waals surface area contributed by atoms with Gasteiger partial charge in [-0.2, -0.15) is 0 Å². The maximum atomic E-state index is 4.78. The second-order valence-corrected chi connectivity index (χ2v) is 2.38. The zero-order valence-electron chi connectivity index (χ0n) is 4.36. The average Bonchev–Trinajstić information content (AvgIpc) is 1.68. The molecule has 1 atom stereocenters. The first-order valence-electron chi connectivity index (χ1n) is 2.06. The second-order valence-electron chi connectivity index (χ2n) is 1.21. The summed E-state index contributed by atoms with van der Waals surface area (Å²) in [4.78, 5) is 0.303. The van der Waals surface area contributed by atoms with Crippen LogP contribution in [0.4, 0.5) is 0 Å². The fourth-order valence-corrected chi connectivity index (χ4v) is 0.492. The van der Waals surface area contributed by atoms with Gasteiger partial charge in [-0.15, -0.1) is 6.58 Å². The van der Waals surface area contributed by atoms with Crippen LogP contribution in [0.3, 0.4) is 0 Å². The summed E-state index contributed by atoms with van der Waals surface area (Å²) < 4.78 is 4.78. The third-order valence-corrected chi connectivity index (χ3v) is 1.22. The molecule has 0 aliphatic heterocycles. The zero-order chi connectivity index (χ0) is 5.70. The van der Waals surface area contributed by atoms with Crippen LogP contribution in [0.2, 0.25) is 0 Å². The van der Waals surface area contributed by atoms with E-state index in [1.54, 1.807) is 13.2 Å². The summed E-state index contributed by atoms with van der Waals surface area (Å²) in [5.41, 5.74) is 0. The molecule has 0 saturated carbocycles. The highest BCUT2D eigenvalue weighted by Gasteiger charge is 1.91. The molecule has 0 saturated heterocycles. The molecule has 0 rings (SSSR count). The van der Waals surface area contributed by atoms with Crippen molar-refractivity contribution in [3.63, 3.8) is 0 Å². The van der Waals surface area contributed by atoms with Crippen molar-refractivity contribution in [2.75, 3.05) is 13.7 Å². The highest BCUT2D eigenvalue weighted by molar-refractivity contribution is 9.09. The van der Waals surface area contributed by atoms with Gasteiger partial charge in [0, 0.05) is 7.11 Å². The number of rotatable bonds is 3. The van der Waals surface area contributed by atoms with Crippen molar-refractivity contribution in [2.45, 2.75) is 4.83 Å². The number of halogens is 1. The summed E-state index contributed by atoms with van der Waals surface area (Å²) in [6.07, 6.45) is 1.80. The Morgan fingerprint density at radius 3 is 2.71 bits per heavy atom. The Morgan fingerprint density at radius 1 is 2.00 bits per heavy atom. The van der Waals surface area contributed by atoms with Crippen molar-refractivity contribution in [2.24, 2.45) is 0 Å². The Morgan fingerprint density at radius 2 is 2.57 bits per heavy atom. The van der Waals surface area contributed by atoms with Crippen molar-refractivity contribution < 1.29 is 4.74 Å². The SMILES string of the molecule is C=CC(Br)COC. The Labute approximate surface area is 52.5 Å². The lowest BCUT2D eigenvalue weighted by molar-refractivity contribution is 0.209. The first-order chi connectivity index (χ1) is 3.31. The van der Waals surface area contributed by atoms with E-state index in [4.69, 9.17) is 4.74 Å². The third kappa shape index (κ3) is 4.02. The Balaban J connectivity index is 2.98. The van der Waals surface area contributed by atoms with Gasteiger partial charge in [0.2, 0.25) is 0 Å². The van der Waals surface area contributed by atoms with Crippen LogP contribution in [0, 0.1) is 0 Å². The molecule has 0 heterocycles. The van der Waals surface area contributed by atoms with E-state index in [9.17, 15) is 0 Å². The van der Waals surface area contributed by atoms with E-state index in [-0.39, 0.29) is 0 Å². The van der Waals surface area contributed by atoms with Gasteiger partial charge in [-0.05, 0) is 0 Å². The number of alkyl halides is 1. The van der Waals surface area contributed by atoms with E-state index in [0.717, 1.165) is 0 Å². The second kappa shape index (κ2) is 4.34. The minimum Gasteiger partial charge on any atom is -0.383 e. The van der Waals surface area contributed by atoms with E-state index >= 15 is 0 Å². The van der Waals surface area contributed by atoms with Gasteiger partial charge in [0.15, 0.2) is 0 Å². The smallest absolute Gasteiger partial charge is 0.0622 e. The van der Waals surface area contributed by atoms with Crippen molar-refractivity contribution in [1.82, 2.24) is 0 Å². The summed E-state index contributed by atoms with van der Waals surface area (Å²) in [5, 5.41) is 0. The largest absolute Gasteiger partial charge is 0.383 e. The van der Waals surface area contributed by atoms with Gasteiger partial charge in [0.25, 0.3) is 0 Å². The molecule has 42 valence electrons. The van der Waals surface area contributed by atoms with Crippen molar-refractivity contribution in [1.29, 1.82) is 0 Å². The summed E-state index contributed by atoms with van der Waals surface area (Å²) in [5.74, 6) is 0. The van der Waals surface area contributed by atoms with Crippen molar-refractivity contribution in [3.05, 3.63) is 12.7 Å². The van der Waals surface area contributed by atoms with Gasteiger partial charge in [-0.1, -0.05) is 22.0 Å². The maximum absolute atomic E-state index is 4.78. The molecule has 1 unspecified atom stereocenters. The molecule has 0 aromatic carbocycles. The van der Waals surface area contributed by atoms with Gasteiger partial charge in [0.05, 0.1) is 11.4 Å². The Kier molecular flexibility index (Phi) is 4.45. The van der Waals surface area contributed by atoms with Crippen LogP contribution in [0.1, 0.15) is 0 Å². The fraction of sp³-hybridized carbons (Fsp3) is 0.600. The molecular formula is C5H9BrO. The molecule has 0 spiro atoms. The monoisotopic (exact) mass is 164 g/mol. The van der Waals surface area contributed by atoms with Gasteiger partial charge < -0.3 is 4.74 Å². The fourth-order valence-electron chi connectivity index (χ4n) is 0.227. The topological polar surface area (TPSA) is 9.23 Å². The van der Waals surface area contributed by atoms with Crippen molar-refractivity contribution in [3.8, 4) is 0 Å². The molecule has 0 N–H and O–H groups in total. The maximum Gasteiger partial charge on any atom is 0.0622 e. The van der Waals surface area contributed by atoms with Crippen molar-refractivity contribution >= 4 is 15.9 Å². The predicted molar refractivity (Wildman–Crippen MR) is 34.8 cm³/mol. The van der Waals surface area contributed by atoms with Crippen LogP contribution in [0.15, 0.2) is 12.7 Å². The van der Waals surface area contributed by atoms with E-state index in [1.807, 2.05) is 0 Å². The lowest BCUT2D eigenvalue weighted by atomic mass is 10.5. The first-order valence-corrected chi connectivity index (χ1v) is 2.98. The summed E-state index contributed by atoms with van der Waals surface area (Å²) >= 11 is 3.29. The number of hydrogen-bond acceptors (Lipinski definition) is 1. The highest BCUT2D eigenvalue weighted by Crippen LogP contribution is 1.98. The van der Waals surface area contributed by atoms with E-state index in [2.05, 4.69) is 22.5 Å². The molecule has 0 aromatic heterocycles. The first kappa shape index (κ1) is 7.18. The molecule has 2 heteroatoms. The Bertz CT molecular complexity index is 54.0. The number of ether oxygens (including phenoxy) is 1. The molecule has 0 radical (unpaired) electrons. The molecule has 7 heavy (non-hydrogen) atoms. The van der Waals surface area contributed by atoms with Crippen LogP contribution in [0.5, 0.6) is 0 Å². The molecule has 0 bridgehead atoms. The molecular weight excluding hydrogens is 156 g/mol. The third-order valence-electron chi connectivity index (χ3n) is 0.582. The molecule has 0 amide bonds. The summed E-state index contributed by atoms with van der Waals surface area (Å²) in [7, 11) is 1.66. The number of hydrogen-bond donors (Lipinski definition) is 0. The lowest BCUT2D eigenvalue weighted by Gasteiger charge is -1.97. The average molecular weight is 165 g/mol. The Hall–Kier alpha value is 0.180. The lowest BCUT2D eigenvalue weighted by Crippen LogP contribution is -2.00. The summed E-state index contributed by atoms with van der Waals surface area (Å²) in [6, 6.07) is 0. The molecule has 0 aromatic rings. The molecule has 0 aliphatic rings. The van der Waals surface area contributed by atoms with Crippen LogP contribution in [0.25, 0.3) is 0 Å². The van der Waals surface area contributed by atoms with E-state index < -0.39 is 0 Å². The van der Waals surface area contributed by atoms with Gasteiger partial charge in [-0.3, -0.25) is 0 Å². The highest BCUT2D eigenvalue weighted by atomic mass is 79.9. The standard InChI is InChI=1S/C5H9BrO/c1-3-5(6)4-7-2/h3,5H,1,4H2,2H3. The van der Waals surface area contributed by atoms with Gasteiger partial charge in [0.1, 0.15) is 0 Å². The predicted octanol–water partition coefficient (Wildman–Crippen LogP) is 1.58. The molecule has 0 aliphatic carbocycles. The minimum atomic E-state index is 0.303. The van der Waals surface area contributed by atoms with Gasteiger partial charge in [-0.25, -0.2) is 0 Å². The van der Waals surface area contributed by atoms with Crippen LogP contribution in [-0.2, 0) is 4.74 Å². The van der Waals surface area contributed by atoms with E-state index in [0.29, 0.717) is 11.4 Å². The number of methoxy groups -OCH3 is 1. The molecule has 1 nitrogen and oxygen atoms in total. The van der Waals surface area contributed by atoms with Crippen LogP contribution >= 0.6 is 15.9 Å². The molecule has 0 fully saturated rings. The minimum absolute atomic E-state index is 0.303. The van der Waals surface area contributed by atoms with Gasteiger partial charge >= 0.3 is 0 Å². The quantitative estimate of drug-likeness (QED) is 0.455. The summed E-state index contributed by atoms with van der Waals surface area (Å²) in [6.45, 7) is 4.25. The zero-order valence-corrected chi connectivity index (χ0v) is 5.94.